The van der Waals surface area contributed by atoms with Gasteiger partial charge in [-0.15, -0.1) is 0 Å². The average Bonchev–Trinajstić information content (AvgIpc) is 2.99. The molecule has 4 amide bonds. The number of carbonyl (C=O) groups is 4. The molecular weight excluding hydrogens is 398 g/mol. The van der Waals surface area contributed by atoms with Gasteiger partial charge in [-0.2, -0.15) is 0 Å². The fourth-order valence-corrected chi connectivity index (χ4v) is 3.51. The Hall–Kier alpha value is -3.68. The summed E-state index contributed by atoms with van der Waals surface area (Å²) in [5.41, 5.74) is 0.0201. The number of benzene rings is 2. The lowest BCUT2D eigenvalue weighted by Crippen LogP contribution is -2.43. The molecule has 3 rings (SSSR count). The molecule has 1 heterocycles. The van der Waals surface area contributed by atoms with E-state index < -0.39 is 42.0 Å². The number of rotatable bonds is 7. The lowest BCUT2D eigenvalue weighted by molar-refractivity contribution is -0.155. The highest BCUT2D eigenvalue weighted by Gasteiger charge is 2.49. The van der Waals surface area contributed by atoms with E-state index >= 15 is 0 Å². The fourth-order valence-electron chi connectivity index (χ4n) is 3.51. The van der Waals surface area contributed by atoms with Crippen LogP contribution in [-0.4, -0.2) is 47.9 Å². The van der Waals surface area contributed by atoms with Crippen molar-refractivity contribution in [3.8, 4) is 0 Å². The van der Waals surface area contributed by atoms with E-state index in [0.29, 0.717) is 17.8 Å². The Labute approximate surface area is 180 Å². The smallest absolute Gasteiger partial charge is 0.327 e. The van der Waals surface area contributed by atoms with Crippen molar-refractivity contribution in [3.05, 3.63) is 66.2 Å². The first-order valence-corrected chi connectivity index (χ1v) is 10.0. The first kappa shape index (κ1) is 22.0. The second kappa shape index (κ2) is 8.99. The second-order valence-electron chi connectivity index (χ2n) is 7.36. The van der Waals surface area contributed by atoms with Crippen LogP contribution in [0.3, 0.4) is 0 Å². The van der Waals surface area contributed by atoms with Gasteiger partial charge in [0.15, 0.2) is 6.10 Å². The number of hydrogen-bond donors (Lipinski definition) is 1. The predicted octanol–water partition coefficient (Wildman–Crippen LogP) is 2.44. The maximum Gasteiger partial charge on any atom is 0.327 e. The van der Waals surface area contributed by atoms with Crippen molar-refractivity contribution in [3.63, 3.8) is 0 Å². The van der Waals surface area contributed by atoms with E-state index in [9.17, 15) is 19.2 Å². The molecule has 31 heavy (non-hydrogen) atoms. The summed E-state index contributed by atoms with van der Waals surface area (Å²) < 4.78 is 5.24. The minimum atomic E-state index is -1.27. The van der Waals surface area contributed by atoms with Gasteiger partial charge in [0.25, 0.3) is 11.8 Å². The van der Waals surface area contributed by atoms with Crippen LogP contribution in [0.1, 0.15) is 26.3 Å². The number of carbonyl (C=O) groups excluding carboxylic acids is 4. The van der Waals surface area contributed by atoms with Crippen molar-refractivity contribution in [2.45, 2.75) is 32.4 Å². The maximum absolute atomic E-state index is 12.9. The molecule has 0 bridgehead atoms. The van der Waals surface area contributed by atoms with Crippen LogP contribution in [-0.2, 0) is 24.7 Å². The Bertz CT molecular complexity index is 979. The van der Waals surface area contributed by atoms with Crippen molar-refractivity contribution in [1.29, 1.82) is 0 Å². The lowest BCUT2D eigenvalue weighted by Gasteiger charge is -2.25. The number of nitrogens with zero attached hydrogens (tertiary/aromatic N) is 2. The summed E-state index contributed by atoms with van der Waals surface area (Å²) in [5.74, 6) is -1.79. The number of esters is 1. The zero-order valence-electron chi connectivity index (χ0n) is 17.7. The SMILES string of the molecule is CCN(C(=O)[C@H](C)OC(=O)CN1C(=O)N[C@@](C)(c2ccccc2)C1=O)c1ccccc1. The van der Waals surface area contributed by atoms with E-state index in [0.717, 1.165) is 4.90 Å². The molecule has 1 saturated heterocycles. The molecule has 0 aromatic heterocycles. The molecule has 1 aliphatic rings. The molecule has 0 unspecified atom stereocenters. The van der Waals surface area contributed by atoms with Crippen LogP contribution in [0.2, 0.25) is 0 Å². The zero-order chi connectivity index (χ0) is 22.6. The van der Waals surface area contributed by atoms with E-state index in [1.165, 1.54) is 11.8 Å². The van der Waals surface area contributed by atoms with Gasteiger partial charge >= 0.3 is 12.0 Å². The highest BCUT2D eigenvalue weighted by Crippen LogP contribution is 2.28. The molecule has 2 aromatic rings. The molecule has 1 fully saturated rings. The molecule has 0 spiro atoms. The number of nitrogens with one attached hydrogen (secondary N) is 1. The Kier molecular flexibility index (Phi) is 6.39. The first-order valence-electron chi connectivity index (χ1n) is 10.0. The quantitative estimate of drug-likeness (QED) is 0.545. The molecule has 1 N–H and O–H groups in total. The molecular formula is C23H25N3O5. The summed E-state index contributed by atoms with van der Waals surface area (Å²) in [5, 5.41) is 2.63. The van der Waals surface area contributed by atoms with Crippen molar-refractivity contribution in [2.24, 2.45) is 0 Å². The standard InChI is InChI=1S/C23H25N3O5/c1-4-25(18-13-9-6-10-14-18)20(28)16(2)31-19(27)15-26-21(29)23(3,24-22(26)30)17-11-7-5-8-12-17/h5-14,16H,4,15H2,1-3H3,(H,24,30)/t16-,23-/m0/s1. The van der Waals surface area contributed by atoms with Crippen LogP contribution >= 0.6 is 0 Å². The van der Waals surface area contributed by atoms with Crippen LogP contribution in [0.15, 0.2) is 60.7 Å². The fraction of sp³-hybridized carbons (Fsp3) is 0.304. The van der Waals surface area contributed by atoms with E-state index in [-0.39, 0.29) is 0 Å². The maximum atomic E-state index is 12.9. The van der Waals surface area contributed by atoms with Crippen molar-refractivity contribution in [2.75, 3.05) is 18.0 Å². The Balaban J connectivity index is 1.65. The summed E-state index contributed by atoms with van der Waals surface area (Å²) in [7, 11) is 0. The third kappa shape index (κ3) is 4.42. The van der Waals surface area contributed by atoms with E-state index in [4.69, 9.17) is 4.74 Å². The van der Waals surface area contributed by atoms with Crippen molar-refractivity contribution < 1.29 is 23.9 Å². The number of ether oxygens (including phenoxy) is 1. The van der Waals surface area contributed by atoms with Crippen LogP contribution in [0.5, 0.6) is 0 Å². The molecule has 2 aromatic carbocycles. The first-order chi connectivity index (χ1) is 14.8. The molecule has 1 aliphatic heterocycles. The number of urea groups is 1. The summed E-state index contributed by atoms with van der Waals surface area (Å²) in [6.45, 7) is 4.68. The largest absolute Gasteiger partial charge is 0.451 e. The van der Waals surface area contributed by atoms with Crippen LogP contribution in [0.25, 0.3) is 0 Å². The third-order valence-corrected chi connectivity index (χ3v) is 5.22. The number of anilines is 1. The van der Waals surface area contributed by atoms with Crippen molar-refractivity contribution >= 4 is 29.5 Å². The zero-order valence-corrected chi connectivity index (χ0v) is 17.7. The van der Waals surface area contributed by atoms with Gasteiger partial charge in [-0.05, 0) is 38.5 Å². The molecule has 0 radical (unpaired) electrons. The van der Waals surface area contributed by atoms with E-state index in [1.54, 1.807) is 49.4 Å². The molecule has 162 valence electrons. The molecule has 0 aliphatic carbocycles. The Morgan fingerprint density at radius 1 is 1.06 bits per heavy atom. The third-order valence-electron chi connectivity index (χ3n) is 5.22. The van der Waals surface area contributed by atoms with Crippen molar-refractivity contribution in [1.82, 2.24) is 10.2 Å². The number of hydrogen-bond acceptors (Lipinski definition) is 5. The lowest BCUT2D eigenvalue weighted by atomic mass is 9.92. The average molecular weight is 423 g/mol. The van der Waals surface area contributed by atoms with Gasteiger partial charge < -0.3 is 15.0 Å². The van der Waals surface area contributed by atoms with E-state index in [1.807, 2.05) is 25.1 Å². The highest BCUT2D eigenvalue weighted by molar-refractivity contribution is 6.09. The predicted molar refractivity (Wildman–Crippen MR) is 114 cm³/mol. The number of amides is 4. The van der Waals surface area contributed by atoms with Crippen LogP contribution in [0.4, 0.5) is 10.5 Å². The van der Waals surface area contributed by atoms with Crippen LogP contribution < -0.4 is 10.2 Å². The Morgan fingerprint density at radius 2 is 1.65 bits per heavy atom. The van der Waals surface area contributed by atoms with Gasteiger partial charge in [-0.3, -0.25) is 19.3 Å². The topological polar surface area (TPSA) is 96.0 Å². The number of para-hydroxylation sites is 1. The molecule has 8 nitrogen and oxygen atoms in total. The summed E-state index contributed by atoms with van der Waals surface area (Å²) in [6.07, 6.45) is -1.08. The van der Waals surface area contributed by atoms with Gasteiger partial charge in [0.05, 0.1) is 0 Å². The van der Waals surface area contributed by atoms with Gasteiger partial charge in [0.1, 0.15) is 12.1 Å². The number of likely N-dealkylation sites (N-methyl/N-ethyl adjacent to an activating group) is 1. The van der Waals surface area contributed by atoms with Gasteiger partial charge in [0.2, 0.25) is 0 Å². The molecule has 2 atom stereocenters. The second-order valence-corrected chi connectivity index (χ2v) is 7.36. The Morgan fingerprint density at radius 3 is 2.23 bits per heavy atom. The van der Waals surface area contributed by atoms with E-state index in [2.05, 4.69) is 5.32 Å². The molecule has 0 saturated carbocycles. The van der Waals surface area contributed by atoms with Gasteiger partial charge in [-0.1, -0.05) is 48.5 Å². The van der Waals surface area contributed by atoms with Crippen LogP contribution in [0, 0.1) is 0 Å². The molecule has 8 heteroatoms. The minimum absolute atomic E-state index is 0.395. The van der Waals surface area contributed by atoms with Gasteiger partial charge in [-0.25, -0.2) is 4.79 Å². The summed E-state index contributed by atoms with van der Waals surface area (Å²) >= 11 is 0. The summed E-state index contributed by atoms with van der Waals surface area (Å²) in [4.78, 5) is 52.8. The normalized spacial score (nSPS) is 19.0. The monoisotopic (exact) mass is 423 g/mol. The highest BCUT2D eigenvalue weighted by atomic mass is 16.5. The summed E-state index contributed by atoms with van der Waals surface area (Å²) in [6, 6.07) is 17.1. The minimum Gasteiger partial charge on any atom is -0.451 e. The number of imide groups is 1. The van der Waals surface area contributed by atoms with Gasteiger partial charge in [0, 0.05) is 12.2 Å².